The van der Waals surface area contributed by atoms with Gasteiger partial charge in [0.15, 0.2) is 0 Å². The van der Waals surface area contributed by atoms with Crippen LogP contribution in [-0.2, 0) is 11.3 Å². The molecule has 0 bridgehead atoms. The highest BCUT2D eigenvalue weighted by Crippen LogP contribution is 2.18. The van der Waals surface area contributed by atoms with Crippen LogP contribution in [0.4, 0.5) is 16.2 Å². The van der Waals surface area contributed by atoms with E-state index in [-0.39, 0.29) is 6.61 Å². The van der Waals surface area contributed by atoms with E-state index in [1.54, 1.807) is 0 Å². The van der Waals surface area contributed by atoms with E-state index in [4.69, 9.17) is 4.74 Å². The summed E-state index contributed by atoms with van der Waals surface area (Å²) in [5.41, 5.74) is 4.17. The molecule has 2 N–H and O–H groups in total. The predicted octanol–water partition coefficient (Wildman–Crippen LogP) is 5.76. The summed E-state index contributed by atoms with van der Waals surface area (Å²) < 4.78 is 5.18. The number of anilines is 2. The molecular weight excluding hydrogens is 348 g/mol. The van der Waals surface area contributed by atoms with Crippen molar-refractivity contribution in [2.75, 3.05) is 11.9 Å². The SMILES string of the molecule is O=C(NCCC=Cc1cccc(Nc2ccccc2)c1)OCc1ccccc1. The Kier molecular flexibility index (Phi) is 7.27. The zero-order valence-electron chi connectivity index (χ0n) is 15.7. The van der Waals surface area contributed by atoms with E-state index >= 15 is 0 Å². The fourth-order valence-electron chi connectivity index (χ4n) is 2.66. The van der Waals surface area contributed by atoms with E-state index in [1.807, 2.05) is 91.0 Å². The molecule has 0 aromatic heterocycles. The van der Waals surface area contributed by atoms with Crippen LogP contribution in [0.3, 0.4) is 0 Å². The average Bonchev–Trinajstić information content (AvgIpc) is 2.74. The molecule has 0 aliphatic heterocycles. The summed E-state index contributed by atoms with van der Waals surface area (Å²) in [6.07, 6.45) is 4.43. The van der Waals surface area contributed by atoms with Gasteiger partial charge in [0.05, 0.1) is 0 Å². The third-order valence-corrected chi connectivity index (χ3v) is 4.05. The Morgan fingerprint density at radius 2 is 1.57 bits per heavy atom. The minimum absolute atomic E-state index is 0.281. The third-order valence-electron chi connectivity index (χ3n) is 4.05. The minimum atomic E-state index is -0.397. The highest BCUT2D eigenvalue weighted by atomic mass is 16.5. The van der Waals surface area contributed by atoms with E-state index in [0.29, 0.717) is 6.54 Å². The van der Waals surface area contributed by atoms with Gasteiger partial charge >= 0.3 is 6.09 Å². The van der Waals surface area contributed by atoms with Gasteiger partial charge < -0.3 is 15.4 Å². The van der Waals surface area contributed by atoms with E-state index < -0.39 is 6.09 Å². The molecule has 3 aromatic carbocycles. The number of hydrogen-bond acceptors (Lipinski definition) is 3. The Hall–Kier alpha value is -3.53. The fraction of sp³-hybridized carbons (Fsp3) is 0.125. The maximum absolute atomic E-state index is 11.7. The Morgan fingerprint density at radius 3 is 2.36 bits per heavy atom. The van der Waals surface area contributed by atoms with Crippen molar-refractivity contribution in [3.8, 4) is 0 Å². The van der Waals surface area contributed by atoms with Gasteiger partial charge in [0.1, 0.15) is 6.61 Å². The highest BCUT2D eigenvalue weighted by Gasteiger charge is 2.00. The summed E-state index contributed by atoms with van der Waals surface area (Å²) in [4.78, 5) is 11.7. The maximum atomic E-state index is 11.7. The van der Waals surface area contributed by atoms with E-state index in [2.05, 4.69) is 16.7 Å². The second-order valence-electron chi connectivity index (χ2n) is 6.30. The van der Waals surface area contributed by atoms with Crippen molar-refractivity contribution >= 4 is 23.5 Å². The first kappa shape index (κ1) is 19.2. The molecule has 0 saturated carbocycles. The van der Waals surface area contributed by atoms with Crippen LogP contribution in [0, 0.1) is 0 Å². The number of ether oxygens (including phenoxy) is 1. The van der Waals surface area contributed by atoms with Gasteiger partial charge in [-0.3, -0.25) is 0 Å². The first-order chi connectivity index (χ1) is 13.8. The molecule has 0 spiro atoms. The molecule has 0 unspecified atom stereocenters. The number of hydrogen-bond donors (Lipinski definition) is 2. The molecule has 142 valence electrons. The smallest absolute Gasteiger partial charge is 0.407 e. The Bertz CT molecular complexity index is 893. The topological polar surface area (TPSA) is 50.4 Å². The van der Waals surface area contributed by atoms with Crippen LogP contribution in [0.2, 0.25) is 0 Å². The summed E-state index contributed by atoms with van der Waals surface area (Å²) in [6, 6.07) is 27.9. The molecule has 3 aromatic rings. The van der Waals surface area contributed by atoms with Crippen LogP contribution >= 0.6 is 0 Å². The number of para-hydroxylation sites is 1. The molecule has 0 atom stereocenters. The lowest BCUT2D eigenvalue weighted by atomic mass is 10.1. The predicted molar refractivity (Wildman–Crippen MR) is 114 cm³/mol. The number of carbonyl (C=O) groups is 1. The second kappa shape index (κ2) is 10.6. The summed E-state index contributed by atoms with van der Waals surface area (Å²) in [7, 11) is 0. The second-order valence-corrected chi connectivity index (χ2v) is 6.30. The molecular formula is C24H24N2O2. The van der Waals surface area contributed by atoms with Crippen LogP contribution in [0.15, 0.2) is 91.0 Å². The maximum Gasteiger partial charge on any atom is 0.407 e. The third kappa shape index (κ3) is 6.65. The van der Waals surface area contributed by atoms with Crippen LogP contribution in [0.5, 0.6) is 0 Å². The van der Waals surface area contributed by atoms with Crippen LogP contribution in [0.1, 0.15) is 17.5 Å². The Morgan fingerprint density at radius 1 is 0.857 bits per heavy atom. The molecule has 0 saturated heterocycles. The molecule has 0 aliphatic carbocycles. The first-order valence-corrected chi connectivity index (χ1v) is 9.33. The molecule has 0 heterocycles. The highest BCUT2D eigenvalue weighted by molar-refractivity contribution is 5.67. The average molecular weight is 372 g/mol. The van der Waals surface area contributed by atoms with Crippen LogP contribution < -0.4 is 10.6 Å². The van der Waals surface area contributed by atoms with Gasteiger partial charge in [-0.1, -0.05) is 72.8 Å². The van der Waals surface area contributed by atoms with Gasteiger partial charge in [-0.05, 0) is 41.8 Å². The van der Waals surface area contributed by atoms with Gasteiger partial charge in [0.2, 0.25) is 0 Å². The van der Waals surface area contributed by atoms with Gasteiger partial charge in [-0.15, -0.1) is 0 Å². The lowest BCUT2D eigenvalue weighted by molar-refractivity contribution is 0.140. The summed E-state index contributed by atoms with van der Waals surface area (Å²) in [6.45, 7) is 0.815. The number of rotatable bonds is 8. The van der Waals surface area contributed by atoms with Crippen molar-refractivity contribution in [3.05, 3.63) is 102 Å². The van der Waals surface area contributed by atoms with Crippen molar-refractivity contribution < 1.29 is 9.53 Å². The van der Waals surface area contributed by atoms with Crippen LogP contribution in [0.25, 0.3) is 6.08 Å². The first-order valence-electron chi connectivity index (χ1n) is 9.33. The molecule has 0 fully saturated rings. The Balaban J connectivity index is 1.38. The summed E-state index contributed by atoms with van der Waals surface area (Å²) >= 11 is 0. The molecule has 4 nitrogen and oxygen atoms in total. The number of alkyl carbamates (subject to hydrolysis) is 1. The van der Waals surface area contributed by atoms with Crippen molar-refractivity contribution in [2.24, 2.45) is 0 Å². The zero-order valence-corrected chi connectivity index (χ0v) is 15.7. The van der Waals surface area contributed by atoms with Crippen molar-refractivity contribution in [1.29, 1.82) is 0 Å². The molecule has 4 heteroatoms. The van der Waals surface area contributed by atoms with E-state index in [1.165, 1.54) is 0 Å². The van der Waals surface area contributed by atoms with E-state index in [9.17, 15) is 4.79 Å². The van der Waals surface area contributed by atoms with Gasteiger partial charge in [-0.2, -0.15) is 0 Å². The summed E-state index contributed by atoms with van der Waals surface area (Å²) in [5, 5.41) is 6.14. The van der Waals surface area contributed by atoms with Gasteiger partial charge in [0.25, 0.3) is 0 Å². The number of amides is 1. The minimum Gasteiger partial charge on any atom is -0.445 e. The lowest BCUT2D eigenvalue weighted by Gasteiger charge is -2.07. The lowest BCUT2D eigenvalue weighted by Crippen LogP contribution is -2.24. The molecule has 3 rings (SSSR count). The van der Waals surface area contributed by atoms with Crippen molar-refractivity contribution in [2.45, 2.75) is 13.0 Å². The largest absolute Gasteiger partial charge is 0.445 e. The molecule has 1 amide bonds. The Labute approximate surface area is 165 Å². The normalized spacial score (nSPS) is 10.6. The van der Waals surface area contributed by atoms with Crippen molar-refractivity contribution in [3.63, 3.8) is 0 Å². The number of nitrogens with one attached hydrogen (secondary N) is 2. The number of carbonyl (C=O) groups excluding carboxylic acids is 1. The van der Waals surface area contributed by atoms with Crippen molar-refractivity contribution in [1.82, 2.24) is 5.32 Å². The summed E-state index contributed by atoms with van der Waals surface area (Å²) in [5.74, 6) is 0. The zero-order chi connectivity index (χ0) is 19.4. The quantitative estimate of drug-likeness (QED) is 0.494. The number of benzene rings is 3. The van der Waals surface area contributed by atoms with Crippen LogP contribution in [-0.4, -0.2) is 12.6 Å². The van der Waals surface area contributed by atoms with Gasteiger partial charge in [0, 0.05) is 17.9 Å². The van der Waals surface area contributed by atoms with E-state index in [0.717, 1.165) is 28.9 Å². The standard InChI is InChI=1S/C24H24N2O2/c27-24(28-19-21-11-3-1-4-12-21)25-17-8-7-10-20-13-9-16-23(18-20)26-22-14-5-2-6-15-22/h1-7,9-16,18,26H,8,17,19H2,(H,25,27). The molecule has 28 heavy (non-hydrogen) atoms. The fourth-order valence-corrected chi connectivity index (χ4v) is 2.66. The molecule has 0 radical (unpaired) electrons. The van der Waals surface area contributed by atoms with Gasteiger partial charge in [-0.25, -0.2) is 4.79 Å². The monoisotopic (exact) mass is 372 g/mol. The molecule has 0 aliphatic rings.